The first-order valence-corrected chi connectivity index (χ1v) is 7.50. The number of carbonyl (C=O) groups excluding carboxylic acids is 1. The summed E-state index contributed by atoms with van der Waals surface area (Å²) in [6, 6.07) is 0.621. The summed E-state index contributed by atoms with van der Waals surface area (Å²) in [5.41, 5.74) is 5.87. The van der Waals surface area contributed by atoms with Crippen LogP contribution < -0.4 is 5.73 Å². The van der Waals surface area contributed by atoms with Gasteiger partial charge in [0.05, 0.1) is 5.92 Å². The van der Waals surface area contributed by atoms with Gasteiger partial charge in [0.1, 0.15) is 0 Å². The first-order valence-electron chi connectivity index (χ1n) is 7.50. The molecule has 3 aliphatic rings. The molecule has 4 atom stereocenters. The average molecular weight is 248 g/mol. The standard InChI is InChI=1S/C15H24N2O/c16-13-8-7-12(10-13)15(18)17-9-3-5-11-4-1-2-6-14(11)17/h7-8,11-14H,1-6,9-10,16H2/t11-,12?,13?,14-/m1/s1. The van der Waals surface area contributed by atoms with Gasteiger partial charge < -0.3 is 10.6 Å². The molecule has 0 aromatic carbocycles. The number of nitrogens with zero attached hydrogens (tertiary/aromatic N) is 1. The van der Waals surface area contributed by atoms with Crippen molar-refractivity contribution in [2.45, 2.75) is 57.0 Å². The lowest BCUT2D eigenvalue weighted by Gasteiger charge is -2.45. The van der Waals surface area contributed by atoms with E-state index in [0.29, 0.717) is 11.9 Å². The molecule has 3 nitrogen and oxygen atoms in total. The Hall–Kier alpha value is -0.830. The predicted octanol–water partition coefficient (Wildman–Crippen LogP) is 2.07. The van der Waals surface area contributed by atoms with Crippen LogP contribution >= 0.6 is 0 Å². The van der Waals surface area contributed by atoms with E-state index >= 15 is 0 Å². The van der Waals surface area contributed by atoms with Gasteiger partial charge >= 0.3 is 0 Å². The molecule has 0 spiro atoms. The van der Waals surface area contributed by atoms with Crippen LogP contribution in [0.2, 0.25) is 0 Å². The fraction of sp³-hybridized carbons (Fsp3) is 0.800. The zero-order valence-corrected chi connectivity index (χ0v) is 11.1. The third-order valence-electron chi connectivity index (χ3n) is 4.96. The van der Waals surface area contributed by atoms with Crippen molar-refractivity contribution < 1.29 is 4.79 Å². The summed E-state index contributed by atoms with van der Waals surface area (Å²) < 4.78 is 0. The van der Waals surface area contributed by atoms with E-state index in [-0.39, 0.29) is 12.0 Å². The van der Waals surface area contributed by atoms with E-state index in [1.165, 1.54) is 38.5 Å². The van der Waals surface area contributed by atoms with Gasteiger partial charge in [-0.25, -0.2) is 0 Å². The fourth-order valence-corrected chi connectivity index (χ4v) is 4.02. The zero-order chi connectivity index (χ0) is 12.5. The second-order valence-electron chi connectivity index (χ2n) is 6.18. The highest BCUT2D eigenvalue weighted by atomic mass is 16.2. The number of nitrogens with two attached hydrogens (primary N) is 1. The normalized spacial score (nSPS) is 39.7. The van der Waals surface area contributed by atoms with Crippen molar-refractivity contribution in [1.29, 1.82) is 0 Å². The van der Waals surface area contributed by atoms with E-state index < -0.39 is 0 Å². The summed E-state index contributed by atoms with van der Waals surface area (Å²) in [4.78, 5) is 14.8. The lowest BCUT2D eigenvalue weighted by atomic mass is 9.78. The lowest BCUT2D eigenvalue weighted by Crippen LogP contribution is -2.51. The number of rotatable bonds is 1. The van der Waals surface area contributed by atoms with Crippen LogP contribution in [0.4, 0.5) is 0 Å². The van der Waals surface area contributed by atoms with E-state index in [0.717, 1.165) is 18.9 Å². The topological polar surface area (TPSA) is 46.3 Å². The van der Waals surface area contributed by atoms with Crippen LogP contribution in [0.5, 0.6) is 0 Å². The number of carbonyl (C=O) groups is 1. The molecule has 1 amide bonds. The number of piperidine rings is 1. The minimum Gasteiger partial charge on any atom is -0.339 e. The van der Waals surface area contributed by atoms with Crippen molar-refractivity contribution in [3.8, 4) is 0 Å². The summed E-state index contributed by atoms with van der Waals surface area (Å²) in [5, 5.41) is 0. The van der Waals surface area contributed by atoms with Crippen LogP contribution in [0.15, 0.2) is 12.2 Å². The second-order valence-corrected chi connectivity index (χ2v) is 6.18. The minimum absolute atomic E-state index is 0.0562. The molecule has 1 heterocycles. The number of hydrogen-bond acceptors (Lipinski definition) is 2. The molecular weight excluding hydrogens is 224 g/mol. The van der Waals surface area contributed by atoms with Gasteiger partial charge in [0.15, 0.2) is 0 Å². The second kappa shape index (κ2) is 5.04. The summed E-state index contributed by atoms with van der Waals surface area (Å²) >= 11 is 0. The Morgan fingerprint density at radius 3 is 2.67 bits per heavy atom. The molecule has 1 saturated carbocycles. The Labute approximate surface area is 109 Å². The van der Waals surface area contributed by atoms with Gasteiger partial charge in [0, 0.05) is 18.6 Å². The maximum atomic E-state index is 12.6. The Bertz CT molecular complexity index is 350. The highest BCUT2D eigenvalue weighted by Crippen LogP contribution is 2.36. The monoisotopic (exact) mass is 248 g/mol. The molecule has 2 aliphatic carbocycles. The molecule has 2 fully saturated rings. The highest BCUT2D eigenvalue weighted by Gasteiger charge is 2.38. The molecule has 1 aliphatic heterocycles. The number of fused-ring (bicyclic) bond motifs is 1. The molecule has 0 aromatic rings. The van der Waals surface area contributed by atoms with E-state index in [1.807, 2.05) is 12.2 Å². The van der Waals surface area contributed by atoms with Crippen LogP contribution in [-0.2, 0) is 4.79 Å². The van der Waals surface area contributed by atoms with Crippen molar-refractivity contribution >= 4 is 5.91 Å². The minimum atomic E-state index is 0.0562. The smallest absolute Gasteiger partial charge is 0.229 e. The van der Waals surface area contributed by atoms with Crippen molar-refractivity contribution in [2.75, 3.05) is 6.54 Å². The van der Waals surface area contributed by atoms with Crippen molar-refractivity contribution in [3.05, 3.63) is 12.2 Å². The number of likely N-dealkylation sites (tertiary alicyclic amines) is 1. The third kappa shape index (κ3) is 2.20. The molecule has 100 valence electrons. The third-order valence-corrected chi connectivity index (χ3v) is 4.96. The zero-order valence-electron chi connectivity index (χ0n) is 11.1. The molecule has 0 aromatic heterocycles. The Morgan fingerprint density at radius 1 is 1.11 bits per heavy atom. The van der Waals surface area contributed by atoms with Gasteiger partial charge in [-0.2, -0.15) is 0 Å². The number of amides is 1. The molecule has 1 saturated heterocycles. The van der Waals surface area contributed by atoms with Crippen LogP contribution in [0.1, 0.15) is 44.9 Å². The molecule has 0 bridgehead atoms. The van der Waals surface area contributed by atoms with E-state index in [1.54, 1.807) is 0 Å². The molecule has 3 heteroatoms. The molecule has 2 unspecified atom stereocenters. The van der Waals surface area contributed by atoms with Crippen LogP contribution in [0, 0.1) is 11.8 Å². The maximum absolute atomic E-state index is 12.6. The summed E-state index contributed by atoms with van der Waals surface area (Å²) in [5.74, 6) is 1.17. The fourth-order valence-electron chi connectivity index (χ4n) is 4.02. The molecule has 18 heavy (non-hydrogen) atoms. The van der Waals surface area contributed by atoms with Crippen LogP contribution in [-0.4, -0.2) is 29.4 Å². The van der Waals surface area contributed by atoms with Gasteiger partial charge in [0.25, 0.3) is 0 Å². The van der Waals surface area contributed by atoms with Crippen molar-refractivity contribution in [2.24, 2.45) is 17.6 Å². The average Bonchev–Trinajstić information content (AvgIpc) is 2.84. The van der Waals surface area contributed by atoms with Gasteiger partial charge in [-0.3, -0.25) is 4.79 Å². The quantitative estimate of drug-likeness (QED) is 0.722. The molecule has 0 radical (unpaired) electrons. The SMILES string of the molecule is NC1C=CC(C(=O)N2CCC[C@H]3CCCC[C@H]32)C1. The first kappa shape index (κ1) is 12.2. The van der Waals surface area contributed by atoms with Crippen molar-refractivity contribution in [3.63, 3.8) is 0 Å². The van der Waals surface area contributed by atoms with E-state index in [4.69, 9.17) is 5.73 Å². The summed E-state index contributed by atoms with van der Waals surface area (Å²) in [7, 11) is 0. The Balaban J connectivity index is 1.70. The molecule has 2 N–H and O–H groups in total. The first-order chi connectivity index (χ1) is 8.75. The summed E-state index contributed by atoms with van der Waals surface area (Å²) in [6.07, 6.45) is 12.6. The van der Waals surface area contributed by atoms with Crippen molar-refractivity contribution in [1.82, 2.24) is 4.90 Å². The Kier molecular flexibility index (Phi) is 3.42. The maximum Gasteiger partial charge on any atom is 0.229 e. The Morgan fingerprint density at radius 2 is 1.89 bits per heavy atom. The largest absolute Gasteiger partial charge is 0.339 e. The van der Waals surface area contributed by atoms with Gasteiger partial charge in [-0.05, 0) is 38.0 Å². The molecular formula is C15H24N2O. The van der Waals surface area contributed by atoms with Crippen LogP contribution in [0.25, 0.3) is 0 Å². The van der Waals surface area contributed by atoms with Gasteiger partial charge in [0.2, 0.25) is 5.91 Å². The summed E-state index contributed by atoms with van der Waals surface area (Å²) in [6.45, 7) is 0.972. The van der Waals surface area contributed by atoms with E-state index in [2.05, 4.69) is 4.90 Å². The lowest BCUT2D eigenvalue weighted by molar-refractivity contribution is -0.140. The highest BCUT2D eigenvalue weighted by molar-refractivity contribution is 5.81. The number of hydrogen-bond donors (Lipinski definition) is 1. The van der Waals surface area contributed by atoms with Gasteiger partial charge in [-0.1, -0.05) is 25.0 Å². The van der Waals surface area contributed by atoms with E-state index in [9.17, 15) is 4.79 Å². The van der Waals surface area contributed by atoms with Crippen LogP contribution in [0.3, 0.4) is 0 Å². The molecule has 3 rings (SSSR count). The predicted molar refractivity (Wildman–Crippen MR) is 71.9 cm³/mol. The van der Waals surface area contributed by atoms with Gasteiger partial charge in [-0.15, -0.1) is 0 Å².